The minimum absolute atomic E-state index is 0.0784. The van der Waals surface area contributed by atoms with Gasteiger partial charge in [-0.2, -0.15) is 5.26 Å². The number of Topliss-reactive ketones (excluding diaryl/α,β-unsaturated/α-hetero) is 2. The number of nitrogens with zero attached hydrogens (tertiary/aromatic N) is 4. The van der Waals surface area contributed by atoms with Gasteiger partial charge in [0.1, 0.15) is 17.2 Å². The van der Waals surface area contributed by atoms with Crippen molar-refractivity contribution in [2.24, 2.45) is 5.92 Å². The van der Waals surface area contributed by atoms with Crippen molar-refractivity contribution in [1.82, 2.24) is 14.9 Å². The summed E-state index contributed by atoms with van der Waals surface area (Å²) in [5.41, 5.74) is 3.45. The zero-order valence-corrected chi connectivity index (χ0v) is 23.9. The van der Waals surface area contributed by atoms with Gasteiger partial charge in [0.2, 0.25) is 5.88 Å². The van der Waals surface area contributed by atoms with Gasteiger partial charge in [0.05, 0.1) is 18.7 Å². The summed E-state index contributed by atoms with van der Waals surface area (Å²) in [7, 11) is 1.58. The van der Waals surface area contributed by atoms with Gasteiger partial charge < -0.3 is 14.4 Å². The lowest BCUT2D eigenvalue weighted by Crippen LogP contribution is -2.40. The van der Waals surface area contributed by atoms with E-state index in [1.807, 2.05) is 6.92 Å². The number of rotatable bonds is 9. The minimum atomic E-state index is -0.216. The Kier molecular flexibility index (Phi) is 8.87. The van der Waals surface area contributed by atoms with E-state index >= 15 is 0 Å². The van der Waals surface area contributed by atoms with Crippen LogP contribution < -0.4 is 9.47 Å². The van der Waals surface area contributed by atoms with E-state index in [1.54, 1.807) is 84.9 Å². The van der Waals surface area contributed by atoms with E-state index in [4.69, 9.17) is 14.7 Å². The number of carbonyl (C=O) groups excluding carboxylic acids is 3. The summed E-state index contributed by atoms with van der Waals surface area (Å²) in [6, 6.07) is 20.8. The molecule has 9 heteroatoms. The number of methoxy groups -OCH3 is 1. The molecule has 1 aliphatic rings. The van der Waals surface area contributed by atoms with E-state index in [9.17, 15) is 14.4 Å². The van der Waals surface area contributed by atoms with Crippen molar-refractivity contribution in [2.75, 3.05) is 20.2 Å². The Morgan fingerprint density at radius 3 is 2.19 bits per heavy atom. The predicted octanol–water partition coefficient (Wildman–Crippen LogP) is 5.62. The Bertz CT molecular complexity index is 1670. The van der Waals surface area contributed by atoms with Crippen molar-refractivity contribution < 1.29 is 23.9 Å². The Morgan fingerprint density at radius 2 is 1.58 bits per heavy atom. The molecule has 216 valence electrons. The van der Waals surface area contributed by atoms with Crippen LogP contribution >= 0.6 is 0 Å². The molecule has 1 fully saturated rings. The second-order valence-electron chi connectivity index (χ2n) is 10.4. The number of aromatic nitrogens is 2. The van der Waals surface area contributed by atoms with Gasteiger partial charge >= 0.3 is 0 Å². The van der Waals surface area contributed by atoms with Crippen molar-refractivity contribution in [3.8, 4) is 23.4 Å². The largest absolute Gasteiger partial charge is 0.497 e. The molecule has 9 nitrogen and oxygen atoms in total. The van der Waals surface area contributed by atoms with Gasteiger partial charge in [-0.05, 0) is 91.6 Å². The van der Waals surface area contributed by atoms with Gasteiger partial charge in [0.25, 0.3) is 5.91 Å². The molecule has 4 aromatic rings. The average Bonchev–Trinajstić information content (AvgIpc) is 3.06. The number of ketones is 2. The van der Waals surface area contributed by atoms with Crippen molar-refractivity contribution >= 4 is 17.5 Å². The molecule has 1 amide bonds. The van der Waals surface area contributed by atoms with Gasteiger partial charge in [-0.25, -0.2) is 4.98 Å². The van der Waals surface area contributed by atoms with Crippen LogP contribution in [0.3, 0.4) is 0 Å². The highest BCUT2D eigenvalue weighted by molar-refractivity contribution is 5.99. The molecule has 0 bridgehead atoms. The molecule has 43 heavy (non-hydrogen) atoms. The fourth-order valence-corrected chi connectivity index (χ4v) is 4.98. The van der Waals surface area contributed by atoms with Crippen LogP contribution in [-0.4, -0.2) is 52.5 Å². The second-order valence-corrected chi connectivity index (χ2v) is 10.4. The van der Waals surface area contributed by atoms with Gasteiger partial charge in [0, 0.05) is 55.0 Å². The minimum Gasteiger partial charge on any atom is -0.497 e. The number of pyridine rings is 2. The van der Waals surface area contributed by atoms with Crippen LogP contribution in [0.15, 0.2) is 79.1 Å². The molecule has 0 unspecified atom stereocenters. The molecular weight excluding hydrogens is 544 g/mol. The summed E-state index contributed by atoms with van der Waals surface area (Å²) in [5.74, 6) is 1.22. The number of hydrogen-bond donors (Lipinski definition) is 0. The lowest BCUT2D eigenvalue weighted by Gasteiger charge is -2.31. The third kappa shape index (κ3) is 6.93. The predicted molar refractivity (Wildman–Crippen MR) is 158 cm³/mol. The highest BCUT2D eigenvalue weighted by atomic mass is 16.5. The Hall–Kier alpha value is -5.36. The van der Waals surface area contributed by atoms with E-state index in [0.29, 0.717) is 60.0 Å². The third-order valence-corrected chi connectivity index (χ3v) is 7.58. The molecule has 0 radical (unpaired) electrons. The van der Waals surface area contributed by atoms with Crippen molar-refractivity contribution in [1.29, 1.82) is 5.26 Å². The first-order valence-corrected chi connectivity index (χ1v) is 13.9. The Balaban J connectivity index is 1.14. The molecule has 3 heterocycles. The second kappa shape index (κ2) is 13.1. The number of piperidine rings is 1. The smallest absolute Gasteiger partial charge is 0.272 e. The molecule has 1 saturated heterocycles. The lowest BCUT2D eigenvalue weighted by molar-refractivity contribution is 0.0645. The highest BCUT2D eigenvalue weighted by Gasteiger charge is 2.29. The van der Waals surface area contributed by atoms with Gasteiger partial charge in [-0.1, -0.05) is 0 Å². The van der Waals surface area contributed by atoms with Crippen molar-refractivity contribution in [3.63, 3.8) is 0 Å². The Morgan fingerprint density at radius 1 is 0.907 bits per heavy atom. The molecular formula is C34H30N4O5. The summed E-state index contributed by atoms with van der Waals surface area (Å²) in [5, 5.41) is 8.93. The first kappa shape index (κ1) is 29.1. The molecule has 0 saturated carbocycles. The topological polar surface area (TPSA) is 122 Å². The number of aryl methyl sites for hydroxylation is 1. The Labute approximate surface area is 249 Å². The quantitative estimate of drug-likeness (QED) is 0.236. The average molecular weight is 575 g/mol. The van der Waals surface area contributed by atoms with Crippen LogP contribution in [0.5, 0.6) is 17.4 Å². The van der Waals surface area contributed by atoms with E-state index in [-0.39, 0.29) is 35.5 Å². The summed E-state index contributed by atoms with van der Waals surface area (Å²) in [6.45, 7) is 2.81. The number of likely N-dealkylation sites (tertiary alicyclic amines) is 1. The zero-order chi connectivity index (χ0) is 30.3. The van der Waals surface area contributed by atoms with Crippen LogP contribution in [0.25, 0.3) is 0 Å². The molecule has 5 rings (SSSR count). The standard InChI is InChI=1S/C34H30N4O5/c1-22-17-32(43-29-8-3-23(19-35)4-9-29)37-21-27(22)18-31(39)26-7-12-30(36-20-26)34(41)38-15-13-25(14-16-38)33(40)24-5-10-28(42-2)11-6-24/h3-12,17,20-21,25H,13-16,18H2,1-2H3. The SMILES string of the molecule is COc1ccc(C(=O)C2CCN(C(=O)c3ccc(C(=O)Cc4cnc(Oc5ccc(C#N)cc5)cc4C)cn3)CC2)cc1. The summed E-state index contributed by atoms with van der Waals surface area (Å²) in [4.78, 5) is 49.3. The number of hydrogen-bond acceptors (Lipinski definition) is 8. The molecule has 0 spiro atoms. The maximum absolute atomic E-state index is 13.1. The van der Waals surface area contributed by atoms with Gasteiger partial charge in [-0.15, -0.1) is 0 Å². The lowest BCUT2D eigenvalue weighted by atomic mass is 9.88. The molecule has 2 aromatic heterocycles. The van der Waals surface area contributed by atoms with Crippen LogP contribution in [-0.2, 0) is 6.42 Å². The summed E-state index contributed by atoms with van der Waals surface area (Å²) < 4.78 is 10.9. The van der Waals surface area contributed by atoms with E-state index < -0.39 is 0 Å². The fourth-order valence-electron chi connectivity index (χ4n) is 4.98. The molecule has 0 atom stereocenters. The zero-order valence-electron chi connectivity index (χ0n) is 23.9. The molecule has 0 aliphatic carbocycles. The van der Waals surface area contributed by atoms with Gasteiger partial charge in [0.15, 0.2) is 11.6 Å². The van der Waals surface area contributed by atoms with Crippen molar-refractivity contribution in [2.45, 2.75) is 26.2 Å². The van der Waals surface area contributed by atoms with Crippen molar-refractivity contribution in [3.05, 3.63) is 113 Å². The maximum Gasteiger partial charge on any atom is 0.272 e. The normalized spacial score (nSPS) is 13.2. The summed E-state index contributed by atoms with van der Waals surface area (Å²) in [6.07, 6.45) is 4.33. The van der Waals surface area contributed by atoms with E-state index in [1.165, 1.54) is 6.20 Å². The first-order valence-electron chi connectivity index (χ1n) is 13.9. The van der Waals surface area contributed by atoms with E-state index in [2.05, 4.69) is 16.0 Å². The molecule has 0 N–H and O–H groups in total. The van der Waals surface area contributed by atoms with Crippen LogP contribution in [0, 0.1) is 24.2 Å². The van der Waals surface area contributed by atoms with E-state index in [0.717, 1.165) is 11.1 Å². The third-order valence-electron chi connectivity index (χ3n) is 7.58. The summed E-state index contributed by atoms with van der Waals surface area (Å²) >= 11 is 0. The van der Waals surface area contributed by atoms with Crippen LogP contribution in [0.2, 0.25) is 0 Å². The first-order chi connectivity index (χ1) is 20.8. The van der Waals surface area contributed by atoms with Gasteiger partial charge in [-0.3, -0.25) is 19.4 Å². The number of ether oxygens (including phenoxy) is 2. The monoisotopic (exact) mass is 574 g/mol. The molecule has 1 aliphatic heterocycles. The fraction of sp³-hybridized carbons (Fsp3) is 0.235. The highest BCUT2D eigenvalue weighted by Crippen LogP contribution is 2.25. The molecule has 2 aromatic carbocycles. The van der Waals surface area contributed by atoms with Crippen LogP contribution in [0.4, 0.5) is 0 Å². The number of benzene rings is 2. The number of nitriles is 1. The number of amides is 1. The maximum atomic E-state index is 13.1. The van der Waals surface area contributed by atoms with Crippen LogP contribution in [0.1, 0.15) is 60.7 Å². The number of carbonyl (C=O) groups is 3.